The van der Waals surface area contributed by atoms with Crippen LogP contribution in [0.25, 0.3) is 0 Å². The zero-order valence-corrected chi connectivity index (χ0v) is 12.4. The molecule has 0 saturated heterocycles. The number of amides is 2. The molecule has 0 atom stereocenters. The molecule has 1 rings (SSSR count). The number of ether oxygens (including phenoxy) is 3. The van der Waals surface area contributed by atoms with E-state index in [4.69, 9.17) is 9.47 Å². The molecule has 0 aromatic heterocycles. The maximum Gasteiger partial charge on any atom is 0.332 e. The number of carbonyl (C=O) groups excluding carboxylic acids is 3. The van der Waals surface area contributed by atoms with Crippen LogP contribution in [0, 0.1) is 0 Å². The molecule has 8 heteroatoms. The second-order valence-electron chi connectivity index (χ2n) is 4.03. The summed E-state index contributed by atoms with van der Waals surface area (Å²) in [6.45, 7) is 1.38. The van der Waals surface area contributed by atoms with Crippen LogP contribution in [0.5, 0.6) is 5.75 Å². The van der Waals surface area contributed by atoms with Crippen molar-refractivity contribution in [1.29, 1.82) is 0 Å². The zero-order chi connectivity index (χ0) is 16.4. The Morgan fingerprint density at radius 3 is 2.32 bits per heavy atom. The highest BCUT2D eigenvalue weighted by Crippen LogP contribution is 2.10. The molecule has 120 valence electrons. The number of hydrazine groups is 1. The number of methoxy groups -OCH3 is 1. The summed E-state index contributed by atoms with van der Waals surface area (Å²) in [6, 6.07) is 6.32. The van der Waals surface area contributed by atoms with Gasteiger partial charge in [0.05, 0.1) is 7.11 Å². The monoisotopic (exact) mass is 310 g/mol. The lowest BCUT2D eigenvalue weighted by Gasteiger charge is -2.08. The maximum absolute atomic E-state index is 11.7. The highest BCUT2D eigenvalue weighted by molar-refractivity contribution is 5.95. The molecule has 1 aromatic rings. The summed E-state index contributed by atoms with van der Waals surface area (Å²) in [5, 5.41) is 0. The molecular weight excluding hydrogens is 292 g/mol. The van der Waals surface area contributed by atoms with Gasteiger partial charge in [0.2, 0.25) is 0 Å². The van der Waals surface area contributed by atoms with E-state index < -0.39 is 24.4 Å². The minimum atomic E-state index is -0.660. The molecule has 0 aliphatic heterocycles. The molecule has 8 nitrogen and oxygen atoms in total. The van der Waals surface area contributed by atoms with Crippen molar-refractivity contribution in [3.05, 3.63) is 29.8 Å². The van der Waals surface area contributed by atoms with Crippen LogP contribution in [0.2, 0.25) is 0 Å². The fourth-order valence-electron chi connectivity index (χ4n) is 1.35. The quantitative estimate of drug-likeness (QED) is 0.544. The largest absolute Gasteiger partial charge is 0.497 e. The maximum atomic E-state index is 11.7. The van der Waals surface area contributed by atoms with Crippen molar-refractivity contribution in [1.82, 2.24) is 10.9 Å². The van der Waals surface area contributed by atoms with E-state index in [0.29, 0.717) is 17.9 Å². The Labute approximate surface area is 127 Å². The number of benzene rings is 1. The van der Waals surface area contributed by atoms with Gasteiger partial charge in [-0.05, 0) is 31.2 Å². The van der Waals surface area contributed by atoms with Gasteiger partial charge in [-0.2, -0.15) is 0 Å². The first kappa shape index (κ1) is 17.4. The third kappa shape index (κ3) is 6.23. The van der Waals surface area contributed by atoms with Gasteiger partial charge < -0.3 is 14.2 Å². The van der Waals surface area contributed by atoms with Gasteiger partial charge in [0.25, 0.3) is 11.8 Å². The summed E-state index contributed by atoms with van der Waals surface area (Å²) in [5.74, 6) is -1.20. The fourth-order valence-corrected chi connectivity index (χ4v) is 1.35. The van der Waals surface area contributed by atoms with E-state index in [1.807, 2.05) is 0 Å². The van der Waals surface area contributed by atoms with Crippen LogP contribution in [-0.2, 0) is 19.1 Å². The Hall–Kier alpha value is -2.61. The topological polar surface area (TPSA) is 103 Å². The molecule has 1 aromatic carbocycles. The second-order valence-corrected chi connectivity index (χ2v) is 4.03. The predicted octanol–water partition coefficient (Wildman–Crippen LogP) is 0.0359. The molecular formula is C14H18N2O6. The van der Waals surface area contributed by atoms with Gasteiger partial charge in [-0.3, -0.25) is 20.4 Å². The molecule has 0 heterocycles. The van der Waals surface area contributed by atoms with Crippen LogP contribution in [0.15, 0.2) is 24.3 Å². The van der Waals surface area contributed by atoms with E-state index in [1.165, 1.54) is 7.11 Å². The van der Waals surface area contributed by atoms with Gasteiger partial charge in [-0.25, -0.2) is 4.79 Å². The summed E-state index contributed by atoms with van der Waals surface area (Å²) >= 11 is 0. The van der Waals surface area contributed by atoms with E-state index in [2.05, 4.69) is 15.6 Å². The van der Waals surface area contributed by atoms with Gasteiger partial charge >= 0.3 is 5.97 Å². The molecule has 2 amide bonds. The highest BCUT2D eigenvalue weighted by Gasteiger charge is 2.10. The van der Waals surface area contributed by atoms with Crippen molar-refractivity contribution in [2.45, 2.75) is 6.92 Å². The third-order valence-corrected chi connectivity index (χ3v) is 2.46. The fraction of sp³-hybridized carbons (Fsp3) is 0.357. The number of rotatable bonds is 7. The van der Waals surface area contributed by atoms with E-state index in [0.717, 1.165) is 0 Å². The molecule has 0 bridgehead atoms. The van der Waals surface area contributed by atoms with Gasteiger partial charge in [0.15, 0.2) is 6.61 Å². The Morgan fingerprint density at radius 1 is 1.05 bits per heavy atom. The second kappa shape index (κ2) is 9.35. The number of nitrogens with one attached hydrogen (secondary N) is 2. The van der Waals surface area contributed by atoms with Crippen molar-refractivity contribution >= 4 is 17.8 Å². The first-order valence-corrected chi connectivity index (χ1v) is 6.53. The summed E-state index contributed by atoms with van der Waals surface area (Å²) in [6.07, 6.45) is 0. The summed E-state index contributed by atoms with van der Waals surface area (Å²) in [7, 11) is 1.52. The molecule has 2 N–H and O–H groups in total. The van der Waals surface area contributed by atoms with Crippen LogP contribution < -0.4 is 15.6 Å². The Bertz CT molecular complexity index is 515. The highest BCUT2D eigenvalue weighted by atomic mass is 16.6. The van der Waals surface area contributed by atoms with Gasteiger partial charge in [-0.1, -0.05) is 0 Å². The zero-order valence-electron chi connectivity index (χ0n) is 12.4. The normalized spacial score (nSPS) is 9.73. The molecule has 0 saturated carbocycles. The van der Waals surface area contributed by atoms with Crippen LogP contribution in [0.3, 0.4) is 0 Å². The number of carbonyl (C=O) groups is 3. The number of hydrogen-bond acceptors (Lipinski definition) is 6. The molecule has 0 aliphatic rings. The van der Waals surface area contributed by atoms with Crippen molar-refractivity contribution < 1.29 is 28.6 Å². The summed E-state index contributed by atoms with van der Waals surface area (Å²) in [4.78, 5) is 34.2. The standard InChI is InChI=1S/C14H18N2O6/c1-3-21-9-13(18)22-8-12(17)15-16-14(19)10-4-6-11(20-2)7-5-10/h4-7H,3,8-9H2,1-2H3,(H,15,17)(H,16,19). The lowest BCUT2D eigenvalue weighted by atomic mass is 10.2. The third-order valence-electron chi connectivity index (χ3n) is 2.46. The Kier molecular flexibility index (Phi) is 7.41. The van der Waals surface area contributed by atoms with Crippen molar-refractivity contribution in [3.63, 3.8) is 0 Å². The van der Waals surface area contributed by atoms with Gasteiger partial charge in [0, 0.05) is 12.2 Å². The number of esters is 1. The molecule has 0 aliphatic carbocycles. The van der Waals surface area contributed by atoms with Crippen LogP contribution in [0.1, 0.15) is 17.3 Å². The molecule has 0 unspecified atom stereocenters. The first-order chi connectivity index (χ1) is 10.6. The lowest BCUT2D eigenvalue weighted by Crippen LogP contribution is -2.43. The van der Waals surface area contributed by atoms with Gasteiger partial charge in [-0.15, -0.1) is 0 Å². The Morgan fingerprint density at radius 2 is 1.73 bits per heavy atom. The van der Waals surface area contributed by atoms with Crippen molar-refractivity contribution in [2.24, 2.45) is 0 Å². The van der Waals surface area contributed by atoms with Crippen molar-refractivity contribution in [2.75, 3.05) is 26.9 Å². The van der Waals surface area contributed by atoms with E-state index in [1.54, 1.807) is 31.2 Å². The van der Waals surface area contributed by atoms with Crippen LogP contribution in [0.4, 0.5) is 0 Å². The minimum Gasteiger partial charge on any atom is -0.497 e. The lowest BCUT2D eigenvalue weighted by molar-refractivity contribution is -0.152. The molecule has 0 radical (unpaired) electrons. The molecule has 22 heavy (non-hydrogen) atoms. The van der Waals surface area contributed by atoms with Crippen molar-refractivity contribution in [3.8, 4) is 5.75 Å². The minimum absolute atomic E-state index is 0.220. The summed E-state index contributed by atoms with van der Waals surface area (Å²) in [5.41, 5.74) is 4.68. The van der Waals surface area contributed by atoms with Gasteiger partial charge in [0.1, 0.15) is 12.4 Å². The SMILES string of the molecule is CCOCC(=O)OCC(=O)NNC(=O)c1ccc(OC)cc1. The first-order valence-electron chi connectivity index (χ1n) is 6.53. The average Bonchev–Trinajstić information content (AvgIpc) is 2.55. The van der Waals surface area contributed by atoms with E-state index in [9.17, 15) is 14.4 Å². The average molecular weight is 310 g/mol. The Balaban J connectivity index is 2.30. The molecule has 0 fully saturated rings. The van der Waals surface area contributed by atoms with E-state index in [-0.39, 0.29) is 6.61 Å². The summed E-state index contributed by atoms with van der Waals surface area (Å²) < 4.78 is 14.4. The molecule has 0 spiro atoms. The van der Waals surface area contributed by atoms with Crippen LogP contribution >= 0.6 is 0 Å². The van der Waals surface area contributed by atoms with Crippen LogP contribution in [-0.4, -0.2) is 44.7 Å². The smallest absolute Gasteiger partial charge is 0.332 e. The number of hydrogen-bond donors (Lipinski definition) is 2. The van der Waals surface area contributed by atoms with E-state index >= 15 is 0 Å². The predicted molar refractivity (Wildman–Crippen MR) is 76.1 cm³/mol.